The highest BCUT2D eigenvalue weighted by Crippen LogP contribution is 2.27. The Morgan fingerprint density at radius 2 is 2.00 bits per heavy atom. The Morgan fingerprint density at radius 3 is 2.78 bits per heavy atom. The highest BCUT2D eigenvalue weighted by molar-refractivity contribution is 5.84. The molecule has 0 saturated carbocycles. The summed E-state index contributed by atoms with van der Waals surface area (Å²) in [6.45, 7) is 9.51. The van der Waals surface area contributed by atoms with E-state index in [4.69, 9.17) is 4.42 Å². The molecule has 8 heteroatoms. The minimum atomic E-state index is -0.401. The highest BCUT2D eigenvalue weighted by atomic mass is 16.4. The van der Waals surface area contributed by atoms with Crippen molar-refractivity contribution in [2.24, 2.45) is 0 Å². The Hall–Kier alpha value is -3.23. The summed E-state index contributed by atoms with van der Waals surface area (Å²) in [6.07, 6.45) is 3.74. The molecule has 4 heterocycles. The summed E-state index contributed by atoms with van der Waals surface area (Å²) in [7, 11) is 0. The lowest BCUT2D eigenvalue weighted by Gasteiger charge is -2.40. The molecule has 1 atom stereocenters. The number of aryl methyl sites for hydroxylation is 2. The first-order valence-corrected chi connectivity index (χ1v) is 10.9. The predicted molar refractivity (Wildman–Crippen MR) is 124 cm³/mol. The van der Waals surface area contributed by atoms with E-state index >= 15 is 0 Å². The lowest BCUT2D eigenvalue weighted by Crippen LogP contribution is -2.52. The number of aliphatic hydroxyl groups excluding tert-OH is 1. The van der Waals surface area contributed by atoms with Gasteiger partial charge in [-0.2, -0.15) is 0 Å². The van der Waals surface area contributed by atoms with E-state index in [1.807, 2.05) is 48.8 Å². The third-order valence-corrected chi connectivity index (χ3v) is 6.24. The van der Waals surface area contributed by atoms with Gasteiger partial charge in [0.25, 0.3) is 0 Å². The van der Waals surface area contributed by atoms with Crippen LogP contribution in [0.1, 0.15) is 18.3 Å². The molecule has 0 unspecified atom stereocenters. The van der Waals surface area contributed by atoms with Crippen LogP contribution < -0.4 is 10.5 Å². The zero-order valence-corrected chi connectivity index (χ0v) is 18.6. The number of benzene rings is 1. The number of aliphatic hydroxyl groups is 1. The van der Waals surface area contributed by atoms with Gasteiger partial charge in [0.05, 0.1) is 29.3 Å². The monoisotopic (exact) mass is 433 g/mol. The second-order valence-electron chi connectivity index (χ2n) is 8.55. The van der Waals surface area contributed by atoms with Crippen LogP contribution in [-0.4, -0.2) is 63.2 Å². The topological polar surface area (TPSA) is 87.1 Å². The molecule has 0 aliphatic carbocycles. The number of piperazine rings is 1. The van der Waals surface area contributed by atoms with Crippen LogP contribution in [0.15, 0.2) is 45.9 Å². The molecule has 4 aromatic rings. The van der Waals surface area contributed by atoms with Gasteiger partial charge in [-0.1, -0.05) is 0 Å². The summed E-state index contributed by atoms with van der Waals surface area (Å²) < 4.78 is 7.62. The number of aromatic nitrogens is 3. The van der Waals surface area contributed by atoms with Gasteiger partial charge in [0, 0.05) is 61.8 Å². The Morgan fingerprint density at radius 1 is 1.16 bits per heavy atom. The second-order valence-corrected chi connectivity index (χ2v) is 8.55. The molecule has 1 saturated heterocycles. The van der Waals surface area contributed by atoms with Crippen LogP contribution in [0.3, 0.4) is 0 Å². The Labute approximate surface area is 185 Å². The summed E-state index contributed by atoms with van der Waals surface area (Å²) in [4.78, 5) is 26.5. The minimum absolute atomic E-state index is 0.176. The normalized spacial score (nSPS) is 17.5. The number of nitrogens with zero attached hydrogens (tertiary/aromatic N) is 5. The van der Waals surface area contributed by atoms with E-state index < -0.39 is 5.63 Å². The van der Waals surface area contributed by atoms with Gasteiger partial charge in [-0.25, -0.2) is 9.78 Å². The molecule has 1 fully saturated rings. The van der Waals surface area contributed by atoms with E-state index in [1.165, 1.54) is 0 Å². The smallest absolute Gasteiger partial charge is 0.345 e. The third kappa shape index (κ3) is 3.65. The van der Waals surface area contributed by atoms with E-state index in [-0.39, 0.29) is 6.61 Å². The van der Waals surface area contributed by atoms with Gasteiger partial charge in [-0.15, -0.1) is 0 Å². The van der Waals surface area contributed by atoms with Crippen LogP contribution in [0.25, 0.3) is 27.9 Å². The van der Waals surface area contributed by atoms with Crippen LogP contribution in [0.4, 0.5) is 5.69 Å². The average molecular weight is 434 g/mol. The van der Waals surface area contributed by atoms with Gasteiger partial charge in [-0.05, 0) is 39.0 Å². The molecule has 0 radical (unpaired) electrons. The van der Waals surface area contributed by atoms with Crippen molar-refractivity contribution in [1.29, 1.82) is 0 Å². The fraction of sp³-hybridized carbons (Fsp3) is 0.375. The number of hydrogen-bond acceptors (Lipinski definition) is 7. The molecule has 3 aromatic heterocycles. The third-order valence-electron chi connectivity index (χ3n) is 6.24. The largest absolute Gasteiger partial charge is 0.422 e. The second kappa shape index (κ2) is 8.03. The molecule has 0 bridgehead atoms. The summed E-state index contributed by atoms with van der Waals surface area (Å²) in [6, 6.07) is 8.20. The summed E-state index contributed by atoms with van der Waals surface area (Å²) in [5.41, 5.74) is 4.67. The van der Waals surface area contributed by atoms with Crippen molar-refractivity contribution in [1.82, 2.24) is 19.3 Å². The highest BCUT2D eigenvalue weighted by Gasteiger charge is 2.23. The van der Waals surface area contributed by atoms with Gasteiger partial charge in [-0.3, -0.25) is 9.88 Å². The van der Waals surface area contributed by atoms with Crippen molar-refractivity contribution >= 4 is 22.3 Å². The first-order valence-electron chi connectivity index (χ1n) is 10.9. The van der Waals surface area contributed by atoms with Crippen LogP contribution in [0, 0.1) is 13.8 Å². The van der Waals surface area contributed by atoms with E-state index in [9.17, 15) is 9.90 Å². The molecule has 5 rings (SSSR count). The molecular weight excluding hydrogens is 406 g/mol. The fourth-order valence-electron chi connectivity index (χ4n) is 4.60. The van der Waals surface area contributed by atoms with E-state index in [0.717, 1.165) is 47.7 Å². The van der Waals surface area contributed by atoms with Crippen LogP contribution in [0.5, 0.6) is 0 Å². The van der Waals surface area contributed by atoms with Crippen LogP contribution in [0.2, 0.25) is 0 Å². The van der Waals surface area contributed by atoms with Gasteiger partial charge in [0.1, 0.15) is 5.58 Å². The predicted octanol–water partition coefficient (Wildman–Crippen LogP) is 2.62. The quantitative estimate of drug-likeness (QED) is 0.495. The van der Waals surface area contributed by atoms with Gasteiger partial charge < -0.3 is 18.8 Å². The van der Waals surface area contributed by atoms with Gasteiger partial charge in [0.15, 0.2) is 5.65 Å². The number of rotatable bonds is 4. The first-order chi connectivity index (χ1) is 15.4. The lowest BCUT2D eigenvalue weighted by atomic mass is 10.1. The molecule has 1 aliphatic heterocycles. The van der Waals surface area contributed by atoms with Crippen molar-refractivity contribution in [2.75, 3.05) is 37.7 Å². The van der Waals surface area contributed by atoms with Crippen molar-refractivity contribution in [2.45, 2.75) is 26.8 Å². The molecule has 32 heavy (non-hydrogen) atoms. The molecule has 1 aromatic carbocycles. The molecule has 0 amide bonds. The molecule has 0 spiro atoms. The molecular formula is C24H27N5O3. The summed E-state index contributed by atoms with van der Waals surface area (Å²) in [5.74, 6) is 0. The maximum absolute atomic E-state index is 12.8. The van der Waals surface area contributed by atoms with E-state index in [1.54, 1.807) is 0 Å². The van der Waals surface area contributed by atoms with Crippen molar-refractivity contribution in [3.63, 3.8) is 0 Å². The van der Waals surface area contributed by atoms with Crippen LogP contribution in [-0.2, 0) is 0 Å². The number of β-amino-alcohol motifs (C(OH)–C–C–N with tert-alkyl or cyclic N) is 1. The number of hydrogen-bond donors (Lipinski definition) is 1. The Balaban J connectivity index is 1.48. The van der Waals surface area contributed by atoms with Gasteiger partial charge >= 0.3 is 5.63 Å². The standard InChI is InChI=1S/C24H27N5O3/c1-15-12-29-14-21(26-23(29)17(3)25-15)20-10-18-4-5-19(11-22(18)32-24(20)31)28-7-6-27(8-9-30)16(2)13-28/h4-5,10-12,14,16,30H,6-9,13H2,1-3H3/t16-/m0/s1. The molecule has 166 valence electrons. The summed E-state index contributed by atoms with van der Waals surface area (Å²) >= 11 is 0. The average Bonchev–Trinajstić information content (AvgIpc) is 3.18. The maximum Gasteiger partial charge on any atom is 0.345 e. The van der Waals surface area contributed by atoms with E-state index in [2.05, 4.69) is 32.8 Å². The molecule has 1 aliphatic rings. The van der Waals surface area contributed by atoms with Crippen molar-refractivity contribution in [3.8, 4) is 11.3 Å². The molecule has 8 nitrogen and oxygen atoms in total. The Bertz CT molecular complexity index is 1360. The van der Waals surface area contributed by atoms with Crippen molar-refractivity contribution in [3.05, 3.63) is 58.5 Å². The van der Waals surface area contributed by atoms with Crippen molar-refractivity contribution < 1.29 is 9.52 Å². The van der Waals surface area contributed by atoms with Crippen LogP contribution >= 0.6 is 0 Å². The van der Waals surface area contributed by atoms with Gasteiger partial charge in [0.2, 0.25) is 0 Å². The zero-order chi connectivity index (χ0) is 22.4. The number of anilines is 1. The number of imidazole rings is 1. The Kier molecular flexibility index (Phi) is 5.19. The molecule has 1 N–H and O–H groups in total. The zero-order valence-electron chi connectivity index (χ0n) is 18.6. The fourth-order valence-corrected chi connectivity index (χ4v) is 4.60. The lowest BCUT2D eigenvalue weighted by molar-refractivity contribution is 0.146. The number of fused-ring (bicyclic) bond motifs is 2. The maximum atomic E-state index is 12.8. The first kappa shape index (κ1) is 20.7. The van der Waals surface area contributed by atoms with E-state index in [0.29, 0.717) is 29.4 Å². The minimum Gasteiger partial charge on any atom is -0.422 e. The summed E-state index contributed by atoms with van der Waals surface area (Å²) in [5, 5.41) is 10.1. The SMILES string of the molecule is Cc1cn2cc(-c3cc4ccc(N5CCN(CCO)[C@@H](C)C5)cc4oc3=O)nc2c(C)n1.